The Morgan fingerprint density at radius 3 is 2.94 bits per heavy atom. The summed E-state index contributed by atoms with van der Waals surface area (Å²) in [5, 5.41) is 11.2. The molecule has 1 amide bonds. The highest BCUT2D eigenvalue weighted by molar-refractivity contribution is 7.07. The average molecular weight is 268 g/mol. The third-order valence-corrected chi connectivity index (χ3v) is 4.03. The molecular weight excluding hydrogens is 252 g/mol. The van der Waals surface area contributed by atoms with E-state index in [0.29, 0.717) is 25.1 Å². The van der Waals surface area contributed by atoms with Crippen LogP contribution in [0.25, 0.3) is 0 Å². The van der Waals surface area contributed by atoms with Crippen molar-refractivity contribution >= 4 is 23.2 Å². The lowest BCUT2D eigenvalue weighted by molar-refractivity contribution is -0.148. The van der Waals surface area contributed by atoms with Gasteiger partial charge in [0.15, 0.2) is 0 Å². The van der Waals surface area contributed by atoms with Crippen LogP contribution in [0, 0.1) is 0 Å². The molecule has 0 aliphatic carbocycles. The van der Waals surface area contributed by atoms with Gasteiger partial charge in [0.1, 0.15) is 11.2 Å². The summed E-state index contributed by atoms with van der Waals surface area (Å²) in [6.07, 6.45) is 2.51. The molecule has 0 spiro atoms. The zero-order valence-corrected chi connectivity index (χ0v) is 11.1. The molecule has 0 aromatic carbocycles. The SMILES string of the molecule is CCCC1(C(=O)O)CCCN1C(=O)c1cscn1. The Morgan fingerprint density at radius 2 is 2.39 bits per heavy atom. The normalized spacial score (nSPS) is 23.3. The van der Waals surface area contributed by atoms with E-state index in [1.807, 2.05) is 6.92 Å². The minimum Gasteiger partial charge on any atom is -0.479 e. The molecular formula is C12H16N2O3S. The molecule has 0 saturated carbocycles. The van der Waals surface area contributed by atoms with E-state index in [1.165, 1.54) is 16.2 Å². The number of carboxylic acid groups (broad SMARTS) is 1. The van der Waals surface area contributed by atoms with Gasteiger partial charge in [-0.1, -0.05) is 13.3 Å². The molecule has 6 heteroatoms. The van der Waals surface area contributed by atoms with Gasteiger partial charge in [-0.2, -0.15) is 0 Å². The second-order valence-electron chi connectivity index (χ2n) is 4.52. The van der Waals surface area contributed by atoms with E-state index in [1.54, 1.807) is 10.9 Å². The summed E-state index contributed by atoms with van der Waals surface area (Å²) >= 11 is 1.34. The first-order valence-corrected chi connectivity index (χ1v) is 6.99. The quantitative estimate of drug-likeness (QED) is 0.906. The van der Waals surface area contributed by atoms with Crippen molar-refractivity contribution in [3.63, 3.8) is 0 Å². The lowest BCUT2D eigenvalue weighted by Crippen LogP contribution is -2.53. The number of carbonyl (C=O) groups excluding carboxylic acids is 1. The summed E-state index contributed by atoms with van der Waals surface area (Å²) in [4.78, 5) is 29.4. The van der Waals surface area contributed by atoms with Gasteiger partial charge < -0.3 is 10.0 Å². The number of amides is 1. The van der Waals surface area contributed by atoms with Gasteiger partial charge in [0.05, 0.1) is 5.51 Å². The highest BCUT2D eigenvalue weighted by atomic mass is 32.1. The van der Waals surface area contributed by atoms with Crippen LogP contribution in [0.15, 0.2) is 10.9 Å². The van der Waals surface area contributed by atoms with Gasteiger partial charge in [-0.15, -0.1) is 11.3 Å². The first-order chi connectivity index (χ1) is 8.62. The van der Waals surface area contributed by atoms with Crippen LogP contribution in [0.4, 0.5) is 0 Å². The molecule has 1 aliphatic rings. The van der Waals surface area contributed by atoms with E-state index >= 15 is 0 Å². The summed E-state index contributed by atoms with van der Waals surface area (Å²) in [5.74, 6) is -1.16. The molecule has 98 valence electrons. The number of hydrogen-bond acceptors (Lipinski definition) is 4. The molecule has 1 saturated heterocycles. The van der Waals surface area contributed by atoms with Crippen LogP contribution in [0.2, 0.25) is 0 Å². The van der Waals surface area contributed by atoms with Crippen molar-refractivity contribution in [2.45, 2.75) is 38.1 Å². The predicted molar refractivity (Wildman–Crippen MR) is 67.7 cm³/mol. The maximum absolute atomic E-state index is 12.3. The van der Waals surface area contributed by atoms with Crippen LogP contribution in [0.1, 0.15) is 43.1 Å². The number of rotatable bonds is 4. The summed E-state index contributed by atoms with van der Waals surface area (Å²) in [7, 11) is 0. The number of aromatic nitrogens is 1. The van der Waals surface area contributed by atoms with E-state index in [0.717, 1.165) is 12.8 Å². The number of carboxylic acids is 1. The molecule has 1 N–H and O–H groups in total. The number of aliphatic carboxylic acids is 1. The molecule has 1 aromatic rings. The first kappa shape index (κ1) is 13.0. The predicted octanol–water partition coefficient (Wildman–Crippen LogP) is 2.00. The molecule has 2 heterocycles. The van der Waals surface area contributed by atoms with Crippen molar-refractivity contribution in [3.8, 4) is 0 Å². The molecule has 1 aliphatic heterocycles. The summed E-state index contributed by atoms with van der Waals surface area (Å²) in [5.41, 5.74) is 0.907. The fraction of sp³-hybridized carbons (Fsp3) is 0.583. The fourth-order valence-corrected chi connectivity index (χ4v) is 3.16. The van der Waals surface area contributed by atoms with Gasteiger partial charge in [-0.3, -0.25) is 4.79 Å². The fourth-order valence-electron chi connectivity index (χ4n) is 2.63. The number of hydrogen-bond donors (Lipinski definition) is 1. The van der Waals surface area contributed by atoms with Crippen LogP contribution in [0.3, 0.4) is 0 Å². The van der Waals surface area contributed by atoms with Crippen molar-refractivity contribution in [3.05, 3.63) is 16.6 Å². The van der Waals surface area contributed by atoms with Crippen LogP contribution in [0.5, 0.6) is 0 Å². The summed E-state index contributed by atoms with van der Waals surface area (Å²) < 4.78 is 0. The van der Waals surface area contributed by atoms with Gasteiger partial charge in [0.25, 0.3) is 5.91 Å². The van der Waals surface area contributed by atoms with Crippen LogP contribution in [-0.2, 0) is 4.79 Å². The van der Waals surface area contributed by atoms with Crippen molar-refractivity contribution in [1.82, 2.24) is 9.88 Å². The van der Waals surface area contributed by atoms with E-state index < -0.39 is 11.5 Å². The number of likely N-dealkylation sites (tertiary alicyclic amines) is 1. The molecule has 0 bridgehead atoms. The zero-order valence-electron chi connectivity index (χ0n) is 10.3. The largest absolute Gasteiger partial charge is 0.479 e. The Kier molecular flexibility index (Phi) is 3.65. The lowest BCUT2D eigenvalue weighted by Gasteiger charge is -2.34. The third-order valence-electron chi connectivity index (χ3n) is 3.45. The van der Waals surface area contributed by atoms with Gasteiger partial charge in [0, 0.05) is 11.9 Å². The third kappa shape index (κ3) is 2.01. The van der Waals surface area contributed by atoms with Crippen molar-refractivity contribution in [2.24, 2.45) is 0 Å². The Morgan fingerprint density at radius 1 is 1.61 bits per heavy atom. The maximum Gasteiger partial charge on any atom is 0.329 e. The Bertz CT molecular complexity index is 446. The van der Waals surface area contributed by atoms with Crippen molar-refractivity contribution in [2.75, 3.05) is 6.54 Å². The molecule has 0 radical (unpaired) electrons. The number of carbonyl (C=O) groups is 2. The standard InChI is InChI=1S/C12H16N2O3S/c1-2-4-12(11(16)17)5-3-6-14(12)10(15)9-7-18-8-13-9/h7-8H,2-6H2,1H3,(H,16,17). The average Bonchev–Trinajstić information content (AvgIpc) is 2.98. The molecule has 1 unspecified atom stereocenters. The molecule has 1 aromatic heterocycles. The summed E-state index contributed by atoms with van der Waals surface area (Å²) in [6.45, 7) is 2.44. The maximum atomic E-state index is 12.3. The van der Waals surface area contributed by atoms with Gasteiger partial charge >= 0.3 is 5.97 Å². The molecule has 1 atom stereocenters. The molecule has 5 nitrogen and oxygen atoms in total. The second-order valence-corrected chi connectivity index (χ2v) is 5.24. The second kappa shape index (κ2) is 5.06. The van der Waals surface area contributed by atoms with E-state index in [-0.39, 0.29) is 5.91 Å². The lowest BCUT2D eigenvalue weighted by atomic mass is 9.90. The minimum absolute atomic E-state index is 0.260. The molecule has 1 fully saturated rings. The smallest absolute Gasteiger partial charge is 0.329 e. The number of nitrogens with zero attached hydrogens (tertiary/aromatic N) is 2. The molecule has 2 rings (SSSR count). The van der Waals surface area contributed by atoms with E-state index in [9.17, 15) is 14.7 Å². The van der Waals surface area contributed by atoms with Gasteiger partial charge in [-0.25, -0.2) is 9.78 Å². The van der Waals surface area contributed by atoms with Crippen LogP contribution < -0.4 is 0 Å². The zero-order chi connectivity index (χ0) is 13.2. The monoisotopic (exact) mass is 268 g/mol. The summed E-state index contributed by atoms with van der Waals surface area (Å²) in [6, 6.07) is 0. The van der Waals surface area contributed by atoms with Gasteiger partial charge in [0.2, 0.25) is 0 Å². The number of thiazole rings is 1. The minimum atomic E-state index is -1.03. The van der Waals surface area contributed by atoms with Crippen LogP contribution >= 0.6 is 11.3 Å². The van der Waals surface area contributed by atoms with Crippen molar-refractivity contribution < 1.29 is 14.7 Å². The topological polar surface area (TPSA) is 70.5 Å². The highest BCUT2D eigenvalue weighted by Gasteiger charge is 2.49. The Labute approximate surface area is 109 Å². The van der Waals surface area contributed by atoms with Crippen LogP contribution in [-0.4, -0.2) is 39.0 Å². The van der Waals surface area contributed by atoms with Gasteiger partial charge in [-0.05, 0) is 19.3 Å². The van der Waals surface area contributed by atoms with E-state index in [4.69, 9.17) is 0 Å². The Hall–Kier alpha value is -1.43. The molecule has 18 heavy (non-hydrogen) atoms. The van der Waals surface area contributed by atoms with E-state index in [2.05, 4.69) is 4.98 Å². The Balaban J connectivity index is 2.30. The van der Waals surface area contributed by atoms with Crippen molar-refractivity contribution in [1.29, 1.82) is 0 Å². The first-order valence-electron chi connectivity index (χ1n) is 6.05. The highest BCUT2D eigenvalue weighted by Crippen LogP contribution is 2.35.